The lowest BCUT2D eigenvalue weighted by atomic mass is 9.94. The van der Waals surface area contributed by atoms with E-state index in [4.69, 9.17) is 4.74 Å². The summed E-state index contributed by atoms with van der Waals surface area (Å²) in [5.74, 6) is -3.77. The second kappa shape index (κ2) is 9.53. The Morgan fingerprint density at radius 1 is 1.11 bits per heavy atom. The fraction of sp³-hybridized carbons (Fsp3) is 1.00. The summed E-state index contributed by atoms with van der Waals surface area (Å²) in [5, 5.41) is 3.23. The Balaban J connectivity index is 4.25. The van der Waals surface area contributed by atoms with Crippen LogP contribution in [0.4, 0.5) is 17.6 Å². The number of alkyl halides is 4. The Bertz CT molecular complexity index is 223. The highest BCUT2D eigenvalue weighted by molar-refractivity contribution is 4.75. The van der Waals surface area contributed by atoms with Crippen LogP contribution in [0.1, 0.15) is 40.0 Å². The van der Waals surface area contributed by atoms with E-state index in [1.54, 1.807) is 0 Å². The molecule has 0 aliphatic heterocycles. The van der Waals surface area contributed by atoms with Gasteiger partial charge in [-0.1, -0.05) is 33.6 Å². The summed E-state index contributed by atoms with van der Waals surface area (Å²) in [6.07, 6.45) is -0.967. The topological polar surface area (TPSA) is 21.3 Å². The van der Waals surface area contributed by atoms with E-state index in [-0.39, 0.29) is 12.6 Å². The van der Waals surface area contributed by atoms with Crippen LogP contribution in [0, 0.1) is 5.92 Å². The molecule has 0 aromatic carbocycles. The molecule has 19 heavy (non-hydrogen) atoms. The van der Waals surface area contributed by atoms with E-state index in [1.165, 1.54) is 0 Å². The predicted octanol–water partition coefficient (Wildman–Crippen LogP) is 3.71. The van der Waals surface area contributed by atoms with Gasteiger partial charge in [0, 0.05) is 6.04 Å². The Kier molecular flexibility index (Phi) is 9.35. The van der Waals surface area contributed by atoms with Crippen LogP contribution >= 0.6 is 0 Å². The highest BCUT2D eigenvalue weighted by Crippen LogP contribution is 2.23. The number of halogens is 4. The fourth-order valence-electron chi connectivity index (χ4n) is 1.93. The van der Waals surface area contributed by atoms with Gasteiger partial charge in [0.1, 0.15) is 6.61 Å². The summed E-state index contributed by atoms with van der Waals surface area (Å²) in [4.78, 5) is 0. The second-order valence-electron chi connectivity index (χ2n) is 4.71. The van der Waals surface area contributed by atoms with Gasteiger partial charge in [-0.15, -0.1) is 0 Å². The van der Waals surface area contributed by atoms with Crippen molar-refractivity contribution in [3.63, 3.8) is 0 Å². The molecule has 1 unspecified atom stereocenters. The van der Waals surface area contributed by atoms with Crippen molar-refractivity contribution in [3.8, 4) is 0 Å². The predicted molar refractivity (Wildman–Crippen MR) is 67.9 cm³/mol. The van der Waals surface area contributed by atoms with Crippen molar-refractivity contribution in [2.45, 2.75) is 58.4 Å². The summed E-state index contributed by atoms with van der Waals surface area (Å²) < 4.78 is 54.2. The molecular formula is C13H25F4NO. The van der Waals surface area contributed by atoms with Crippen LogP contribution in [0.5, 0.6) is 0 Å². The first kappa shape index (κ1) is 18.6. The molecule has 0 amide bonds. The van der Waals surface area contributed by atoms with Crippen molar-refractivity contribution in [2.75, 3.05) is 19.8 Å². The SMILES string of the molecule is CCCNC(COCC(F)(F)C(F)F)C(CC)CC. The molecule has 2 nitrogen and oxygen atoms in total. The maximum absolute atomic E-state index is 12.7. The van der Waals surface area contributed by atoms with Crippen LogP contribution < -0.4 is 5.32 Å². The summed E-state index contributed by atoms with van der Waals surface area (Å²) >= 11 is 0. The lowest BCUT2D eigenvalue weighted by molar-refractivity contribution is -0.167. The van der Waals surface area contributed by atoms with Gasteiger partial charge >= 0.3 is 12.3 Å². The van der Waals surface area contributed by atoms with E-state index in [2.05, 4.69) is 5.32 Å². The quantitative estimate of drug-likeness (QED) is 0.585. The number of nitrogens with one attached hydrogen (secondary N) is 1. The molecule has 1 N–H and O–H groups in total. The third kappa shape index (κ3) is 7.11. The third-order valence-corrected chi connectivity index (χ3v) is 3.19. The van der Waals surface area contributed by atoms with Crippen LogP contribution in [0.15, 0.2) is 0 Å². The number of hydrogen-bond acceptors (Lipinski definition) is 2. The Labute approximate surface area is 112 Å². The van der Waals surface area contributed by atoms with E-state index in [1.807, 2.05) is 20.8 Å². The van der Waals surface area contributed by atoms with Crippen LogP contribution in [-0.4, -0.2) is 38.1 Å². The normalized spacial score (nSPS) is 14.4. The third-order valence-electron chi connectivity index (χ3n) is 3.19. The van der Waals surface area contributed by atoms with Gasteiger partial charge in [0.05, 0.1) is 6.61 Å². The Hall–Kier alpha value is -0.360. The number of hydrogen-bond donors (Lipinski definition) is 1. The molecule has 116 valence electrons. The van der Waals surface area contributed by atoms with Crippen molar-refractivity contribution >= 4 is 0 Å². The van der Waals surface area contributed by atoms with Gasteiger partial charge in [-0.3, -0.25) is 0 Å². The average Bonchev–Trinajstić information content (AvgIpc) is 2.36. The first-order valence-corrected chi connectivity index (χ1v) is 6.86. The van der Waals surface area contributed by atoms with Gasteiger partial charge in [-0.05, 0) is 18.9 Å². The first-order chi connectivity index (χ1) is 8.88. The highest BCUT2D eigenvalue weighted by Gasteiger charge is 2.41. The minimum Gasteiger partial charge on any atom is -0.373 e. The first-order valence-electron chi connectivity index (χ1n) is 6.86. The standard InChI is InChI=1S/C13H25F4NO/c1-4-7-18-11(10(5-2)6-3)8-19-9-13(16,17)12(14)15/h10-12,18H,4-9H2,1-3H3. The van der Waals surface area contributed by atoms with Gasteiger partial charge < -0.3 is 10.1 Å². The van der Waals surface area contributed by atoms with Crippen molar-refractivity contribution < 1.29 is 22.3 Å². The Morgan fingerprint density at radius 3 is 2.11 bits per heavy atom. The van der Waals surface area contributed by atoms with Crippen LogP contribution in [-0.2, 0) is 4.74 Å². The zero-order valence-corrected chi connectivity index (χ0v) is 11.9. The average molecular weight is 287 g/mol. The molecule has 0 fully saturated rings. The van der Waals surface area contributed by atoms with Crippen molar-refractivity contribution in [2.24, 2.45) is 5.92 Å². The van der Waals surface area contributed by atoms with Gasteiger partial charge in [0.25, 0.3) is 0 Å². The monoisotopic (exact) mass is 287 g/mol. The largest absolute Gasteiger partial charge is 0.373 e. The molecule has 0 saturated heterocycles. The molecule has 0 spiro atoms. The summed E-state index contributed by atoms with van der Waals surface area (Å²) in [7, 11) is 0. The second-order valence-corrected chi connectivity index (χ2v) is 4.71. The van der Waals surface area contributed by atoms with E-state index < -0.39 is 19.0 Å². The molecule has 0 heterocycles. The van der Waals surface area contributed by atoms with Gasteiger partial charge in [0.2, 0.25) is 0 Å². The fourth-order valence-corrected chi connectivity index (χ4v) is 1.93. The zero-order chi connectivity index (χ0) is 14.9. The number of rotatable bonds is 11. The molecule has 0 rings (SSSR count). The lowest BCUT2D eigenvalue weighted by Crippen LogP contribution is -2.42. The minimum atomic E-state index is -4.07. The van der Waals surface area contributed by atoms with Crippen molar-refractivity contribution in [1.82, 2.24) is 5.32 Å². The molecule has 1 atom stereocenters. The summed E-state index contributed by atoms with van der Waals surface area (Å²) in [6, 6.07) is -0.0663. The maximum Gasteiger partial charge on any atom is 0.330 e. The zero-order valence-electron chi connectivity index (χ0n) is 11.9. The van der Waals surface area contributed by atoms with E-state index in [0.29, 0.717) is 5.92 Å². The van der Waals surface area contributed by atoms with Crippen LogP contribution in [0.25, 0.3) is 0 Å². The van der Waals surface area contributed by atoms with E-state index in [0.717, 1.165) is 25.8 Å². The summed E-state index contributed by atoms with van der Waals surface area (Å²) in [6.45, 7) is 5.60. The van der Waals surface area contributed by atoms with E-state index in [9.17, 15) is 17.6 Å². The molecule has 6 heteroatoms. The maximum atomic E-state index is 12.7. The van der Waals surface area contributed by atoms with Crippen LogP contribution in [0.2, 0.25) is 0 Å². The smallest absolute Gasteiger partial charge is 0.330 e. The minimum absolute atomic E-state index is 0.0364. The lowest BCUT2D eigenvalue weighted by Gasteiger charge is -2.27. The van der Waals surface area contributed by atoms with Gasteiger partial charge in [0.15, 0.2) is 0 Å². The molecule has 0 aliphatic rings. The molecule has 0 radical (unpaired) electrons. The Morgan fingerprint density at radius 2 is 1.68 bits per heavy atom. The molecule has 0 aromatic heterocycles. The molecular weight excluding hydrogens is 262 g/mol. The molecule has 0 bridgehead atoms. The van der Waals surface area contributed by atoms with Crippen molar-refractivity contribution in [1.29, 1.82) is 0 Å². The van der Waals surface area contributed by atoms with Gasteiger partial charge in [-0.2, -0.15) is 8.78 Å². The molecule has 0 aliphatic carbocycles. The number of ether oxygens (including phenoxy) is 1. The van der Waals surface area contributed by atoms with E-state index >= 15 is 0 Å². The molecule has 0 saturated carbocycles. The van der Waals surface area contributed by atoms with Crippen molar-refractivity contribution in [3.05, 3.63) is 0 Å². The molecule has 0 aromatic rings. The highest BCUT2D eigenvalue weighted by atomic mass is 19.3. The van der Waals surface area contributed by atoms with Crippen LogP contribution in [0.3, 0.4) is 0 Å². The van der Waals surface area contributed by atoms with Gasteiger partial charge in [-0.25, -0.2) is 8.78 Å². The summed E-state index contributed by atoms with van der Waals surface area (Å²) in [5.41, 5.74) is 0.